The zero-order valence-corrected chi connectivity index (χ0v) is 8.19. The normalized spacial score (nSPS) is 7.93. The van der Waals surface area contributed by atoms with Crippen LogP contribution in [0.2, 0.25) is 0 Å². The van der Waals surface area contributed by atoms with E-state index in [1.807, 2.05) is 0 Å². The van der Waals surface area contributed by atoms with Crippen LogP contribution in [-0.2, 0) is 23.9 Å². The van der Waals surface area contributed by atoms with Gasteiger partial charge in [-0.15, -0.1) is 0 Å². The van der Waals surface area contributed by atoms with E-state index in [9.17, 15) is 14.4 Å². The highest BCUT2D eigenvalue weighted by Crippen LogP contribution is 1.94. The van der Waals surface area contributed by atoms with Crippen molar-refractivity contribution in [2.75, 3.05) is 13.7 Å². The van der Waals surface area contributed by atoms with E-state index in [-0.39, 0.29) is 25.9 Å². The van der Waals surface area contributed by atoms with E-state index < -0.39 is 11.9 Å². The predicted octanol–water partition coefficient (Wildman–Crippen LogP) is -0.362. The monoisotopic (exact) mass is 206 g/mol. The van der Waals surface area contributed by atoms with Crippen LogP contribution in [0.15, 0.2) is 0 Å². The Labute approximate surface area is 81.8 Å². The van der Waals surface area contributed by atoms with Gasteiger partial charge in [0.25, 0.3) is 0 Å². The summed E-state index contributed by atoms with van der Waals surface area (Å²) in [5.74, 6) is -1.20. The average Bonchev–Trinajstić information content (AvgIpc) is 2.19. The van der Waals surface area contributed by atoms with Gasteiger partial charge in [0, 0.05) is 7.11 Å². The van der Waals surface area contributed by atoms with Crippen molar-refractivity contribution in [1.29, 1.82) is 0 Å². The minimum absolute atomic E-state index is 0.0352. The van der Waals surface area contributed by atoms with Crippen molar-refractivity contribution < 1.29 is 29.0 Å². The molecule has 1 N–H and O–H groups in total. The van der Waals surface area contributed by atoms with Gasteiger partial charge < -0.3 is 14.6 Å². The Morgan fingerprint density at radius 1 is 1.21 bits per heavy atom. The number of ether oxygens (including phenoxy) is 2. The maximum absolute atomic E-state index is 10.6. The highest BCUT2D eigenvalue weighted by atomic mass is 16.6. The molecule has 0 saturated carbocycles. The van der Waals surface area contributed by atoms with Gasteiger partial charge in [-0.1, -0.05) is 0 Å². The molecule has 6 nitrogen and oxygen atoms in total. The summed E-state index contributed by atoms with van der Waals surface area (Å²) in [5.41, 5.74) is 0. The van der Waals surface area contributed by atoms with E-state index in [4.69, 9.17) is 5.11 Å². The van der Waals surface area contributed by atoms with Gasteiger partial charge in [0.1, 0.15) is 0 Å². The maximum atomic E-state index is 10.6. The number of aliphatic hydroxyl groups is 1. The van der Waals surface area contributed by atoms with E-state index in [2.05, 4.69) is 9.47 Å². The molecule has 0 heterocycles. The third kappa shape index (κ3) is 10.6. The number of rotatable bonds is 5. The Morgan fingerprint density at radius 3 is 2.14 bits per heavy atom. The van der Waals surface area contributed by atoms with Crippen LogP contribution in [0.25, 0.3) is 0 Å². The quantitative estimate of drug-likeness (QED) is 0.375. The summed E-state index contributed by atoms with van der Waals surface area (Å²) in [4.78, 5) is 30.8. The molecule has 0 aliphatic rings. The van der Waals surface area contributed by atoms with Crippen molar-refractivity contribution in [2.45, 2.75) is 19.8 Å². The van der Waals surface area contributed by atoms with Crippen LogP contribution >= 0.6 is 0 Å². The number of carbonyl (C=O) groups excluding carboxylic acids is 3. The SMILES string of the molecule is CCOC(=O)CCC(=O)OC=O.CO. The fraction of sp³-hybridized carbons (Fsp3) is 0.625. The molecule has 0 aliphatic heterocycles. The molecule has 0 rings (SSSR count). The van der Waals surface area contributed by atoms with Crippen LogP contribution in [0.3, 0.4) is 0 Å². The Morgan fingerprint density at radius 2 is 1.71 bits per heavy atom. The average molecular weight is 206 g/mol. The second-order valence-electron chi connectivity index (χ2n) is 1.89. The van der Waals surface area contributed by atoms with Gasteiger partial charge in [0.2, 0.25) is 0 Å². The van der Waals surface area contributed by atoms with Gasteiger partial charge in [-0.2, -0.15) is 0 Å². The molecule has 0 aromatic heterocycles. The molecule has 0 aromatic rings. The standard InChI is InChI=1S/C7H10O5.CH4O/c1-2-11-6(9)3-4-7(10)12-5-8;1-2/h5H,2-4H2,1H3;2H,1H3. The predicted molar refractivity (Wildman–Crippen MR) is 46.2 cm³/mol. The van der Waals surface area contributed by atoms with E-state index >= 15 is 0 Å². The summed E-state index contributed by atoms with van der Waals surface area (Å²) in [6.45, 7) is 1.98. The minimum atomic E-state index is -0.724. The lowest BCUT2D eigenvalue weighted by Crippen LogP contribution is -2.09. The molecule has 0 saturated heterocycles. The van der Waals surface area contributed by atoms with Gasteiger partial charge in [-0.25, -0.2) is 0 Å². The molecular formula is C8H14O6. The lowest BCUT2D eigenvalue weighted by atomic mass is 10.3. The Bertz CT molecular complexity index is 177. The van der Waals surface area contributed by atoms with Crippen molar-refractivity contribution in [3.63, 3.8) is 0 Å². The van der Waals surface area contributed by atoms with Crippen LogP contribution in [0.5, 0.6) is 0 Å². The second kappa shape index (κ2) is 11.6. The second-order valence-corrected chi connectivity index (χ2v) is 1.89. The molecule has 0 fully saturated rings. The summed E-state index contributed by atoms with van der Waals surface area (Å²) < 4.78 is 8.48. The third-order valence-electron chi connectivity index (χ3n) is 1.02. The van der Waals surface area contributed by atoms with Crippen molar-refractivity contribution in [3.8, 4) is 0 Å². The Hall–Kier alpha value is -1.43. The molecule has 6 heteroatoms. The van der Waals surface area contributed by atoms with Crippen LogP contribution < -0.4 is 0 Å². The van der Waals surface area contributed by atoms with E-state index in [0.29, 0.717) is 0 Å². The molecule has 0 atom stereocenters. The first-order valence-electron chi connectivity index (χ1n) is 3.94. The first kappa shape index (κ1) is 15.1. The van der Waals surface area contributed by atoms with Crippen LogP contribution in [0, 0.1) is 0 Å². The van der Waals surface area contributed by atoms with Crippen molar-refractivity contribution in [1.82, 2.24) is 0 Å². The number of hydrogen-bond donors (Lipinski definition) is 1. The highest BCUT2D eigenvalue weighted by Gasteiger charge is 2.07. The fourth-order valence-electron chi connectivity index (χ4n) is 0.550. The molecule has 0 aliphatic carbocycles. The van der Waals surface area contributed by atoms with Gasteiger partial charge >= 0.3 is 18.4 Å². The minimum Gasteiger partial charge on any atom is -0.466 e. The maximum Gasteiger partial charge on any atom is 0.313 e. The molecular weight excluding hydrogens is 192 g/mol. The van der Waals surface area contributed by atoms with Gasteiger partial charge in [0.05, 0.1) is 19.4 Å². The van der Waals surface area contributed by atoms with E-state index in [1.165, 1.54) is 0 Å². The number of hydrogen-bond acceptors (Lipinski definition) is 6. The summed E-state index contributed by atoms with van der Waals surface area (Å²) in [6.07, 6.45) is -0.182. The molecule has 0 spiro atoms. The number of esters is 2. The van der Waals surface area contributed by atoms with Crippen molar-refractivity contribution in [3.05, 3.63) is 0 Å². The first-order chi connectivity index (χ1) is 6.70. The van der Waals surface area contributed by atoms with Crippen molar-refractivity contribution >= 4 is 18.4 Å². The summed E-state index contributed by atoms with van der Waals surface area (Å²) in [5, 5.41) is 7.00. The molecule has 0 aromatic carbocycles. The lowest BCUT2D eigenvalue weighted by Gasteiger charge is -1.98. The molecule has 0 amide bonds. The van der Waals surface area contributed by atoms with Gasteiger partial charge in [-0.3, -0.25) is 14.4 Å². The molecule has 0 bridgehead atoms. The topological polar surface area (TPSA) is 89.9 Å². The summed E-state index contributed by atoms with van der Waals surface area (Å²) in [7, 11) is 1.00. The zero-order valence-electron chi connectivity index (χ0n) is 8.19. The third-order valence-corrected chi connectivity index (χ3v) is 1.02. The molecule has 0 radical (unpaired) electrons. The van der Waals surface area contributed by atoms with Crippen LogP contribution in [0.4, 0.5) is 0 Å². The molecule has 0 unspecified atom stereocenters. The largest absolute Gasteiger partial charge is 0.466 e. The van der Waals surface area contributed by atoms with Crippen LogP contribution in [-0.4, -0.2) is 37.2 Å². The Balaban J connectivity index is 0. The van der Waals surface area contributed by atoms with Gasteiger partial charge in [-0.05, 0) is 6.92 Å². The highest BCUT2D eigenvalue weighted by molar-refractivity contribution is 5.80. The lowest BCUT2D eigenvalue weighted by molar-refractivity contribution is -0.154. The fourth-order valence-corrected chi connectivity index (χ4v) is 0.550. The molecule has 14 heavy (non-hydrogen) atoms. The van der Waals surface area contributed by atoms with E-state index in [0.717, 1.165) is 7.11 Å². The van der Waals surface area contributed by atoms with Crippen LogP contribution in [0.1, 0.15) is 19.8 Å². The summed E-state index contributed by atoms with van der Waals surface area (Å²) in [6, 6.07) is 0. The molecule has 82 valence electrons. The number of carbonyl (C=O) groups is 3. The summed E-state index contributed by atoms with van der Waals surface area (Å²) >= 11 is 0. The Kier molecular flexibility index (Phi) is 12.4. The first-order valence-corrected chi connectivity index (χ1v) is 3.94. The smallest absolute Gasteiger partial charge is 0.313 e. The van der Waals surface area contributed by atoms with Crippen molar-refractivity contribution in [2.24, 2.45) is 0 Å². The zero-order chi connectivity index (χ0) is 11.4. The van der Waals surface area contributed by atoms with E-state index in [1.54, 1.807) is 6.92 Å². The number of aliphatic hydroxyl groups excluding tert-OH is 1. The van der Waals surface area contributed by atoms with Gasteiger partial charge in [0.15, 0.2) is 0 Å².